The molecule has 0 amide bonds. The average molecular weight is 447 g/mol. The first-order valence-electron chi connectivity index (χ1n) is 10.5. The number of alkyl halides is 2. The second-order valence-corrected chi connectivity index (χ2v) is 8.87. The molecule has 2 aliphatic rings. The predicted molar refractivity (Wildman–Crippen MR) is 116 cm³/mol. The lowest BCUT2D eigenvalue weighted by molar-refractivity contribution is -0.0498. The van der Waals surface area contributed by atoms with Gasteiger partial charge in [0.15, 0.2) is 0 Å². The lowest BCUT2D eigenvalue weighted by Crippen LogP contribution is -2.36. The van der Waals surface area contributed by atoms with Crippen molar-refractivity contribution < 1.29 is 18.3 Å². The van der Waals surface area contributed by atoms with Crippen molar-refractivity contribution in [1.82, 2.24) is 14.9 Å². The van der Waals surface area contributed by atoms with E-state index in [4.69, 9.17) is 14.7 Å². The Morgan fingerprint density at radius 3 is 2.71 bits per heavy atom. The lowest BCUT2D eigenvalue weighted by atomic mass is 10.1. The predicted octanol–water partition coefficient (Wildman–Crippen LogP) is 4.23. The number of nitrogens with one attached hydrogen (secondary N) is 1. The van der Waals surface area contributed by atoms with E-state index in [2.05, 4.69) is 15.0 Å². The summed E-state index contributed by atoms with van der Waals surface area (Å²) in [5.74, 6) is 1.84. The molecule has 2 aromatic heterocycles. The third-order valence-corrected chi connectivity index (χ3v) is 6.87. The number of aromatic nitrogens is 2. The van der Waals surface area contributed by atoms with Crippen LogP contribution in [-0.2, 0) is 30.7 Å². The fraction of sp³-hybridized carbons (Fsp3) is 0.455. The van der Waals surface area contributed by atoms with Gasteiger partial charge in [-0.2, -0.15) is 8.78 Å². The van der Waals surface area contributed by atoms with E-state index in [0.29, 0.717) is 13.1 Å². The Hall–Kier alpha value is -2.36. The Morgan fingerprint density at radius 1 is 1.13 bits per heavy atom. The fourth-order valence-electron chi connectivity index (χ4n) is 4.17. The van der Waals surface area contributed by atoms with Gasteiger partial charge in [-0.15, -0.1) is 11.3 Å². The molecule has 1 N–H and O–H groups in total. The van der Waals surface area contributed by atoms with Gasteiger partial charge in [-0.3, -0.25) is 4.90 Å². The maximum atomic E-state index is 12.4. The number of thiophene rings is 1. The van der Waals surface area contributed by atoms with E-state index in [1.165, 1.54) is 16.9 Å². The van der Waals surface area contributed by atoms with Crippen molar-refractivity contribution in [3.8, 4) is 5.75 Å². The minimum absolute atomic E-state index is 0.159. The first-order valence-corrected chi connectivity index (χ1v) is 11.4. The molecule has 1 aliphatic carbocycles. The van der Waals surface area contributed by atoms with Crippen LogP contribution in [0.5, 0.6) is 5.75 Å². The van der Waals surface area contributed by atoms with Gasteiger partial charge in [0.05, 0.1) is 25.1 Å². The summed E-state index contributed by atoms with van der Waals surface area (Å²) in [6.45, 7) is 1.69. The van der Waals surface area contributed by atoms with Crippen molar-refractivity contribution in [3.05, 3.63) is 46.1 Å². The molecular formula is C22H24F2N4O2S. The summed E-state index contributed by atoms with van der Waals surface area (Å²) in [6, 6.07) is 6.70. The number of ether oxygens (including phenoxy) is 2. The zero-order valence-corrected chi connectivity index (χ0v) is 17.9. The number of fused-ring (bicyclic) bond motifs is 3. The Kier molecular flexibility index (Phi) is 5.97. The molecule has 0 saturated carbocycles. The Balaban J connectivity index is 1.39. The van der Waals surface area contributed by atoms with Crippen molar-refractivity contribution >= 4 is 27.4 Å². The molecule has 0 radical (unpaired) electrons. The molecular weight excluding hydrogens is 422 g/mol. The Morgan fingerprint density at radius 2 is 1.94 bits per heavy atom. The van der Waals surface area contributed by atoms with Gasteiger partial charge in [-0.25, -0.2) is 9.97 Å². The molecule has 3 heterocycles. The first kappa shape index (κ1) is 20.5. The van der Waals surface area contributed by atoms with Gasteiger partial charge < -0.3 is 14.8 Å². The largest absolute Gasteiger partial charge is 0.435 e. The first-order chi connectivity index (χ1) is 15.2. The summed E-state index contributed by atoms with van der Waals surface area (Å²) >= 11 is 1.78. The van der Waals surface area contributed by atoms with Gasteiger partial charge in [0.1, 0.15) is 22.2 Å². The lowest BCUT2D eigenvalue weighted by Gasteiger charge is -2.25. The number of benzene rings is 1. The smallest absolute Gasteiger partial charge is 0.387 e. The molecule has 1 aromatic carbocycles. The van der Waals surface area contributed by atoms with Gasteiger partial charge in [-0.05, 0) is 42.5 Å². The summed E-state index contributed by atoms with van der Waals surface area (Å²) < 4.78 is 34.6. The molecule has 6 nitrogen and oxygen atoms in total. The topological polar surface area (TPSA) is 59.5 Å². The summed E-state index contributed by atoms with van der Waals surface area (Å²) in [6.07, 6.45) is 3.35. The highest BCUT2D eigenvalue weighted by atomic mass is 32.1. The highest BCUT2D eigenvalue weighted by molar-refractivity contribution is 7.19. The summed E-state index contributed by atoms with van der Waals surface area (Å²) in [5, 5.41) is 4.62. The molecule has 0 spiro atoms. The Labute approximate surface area is 183 Å². The number of halogens is 2. The van der Waals surface area contributed by atoms with Crippen molar-refractivity contribution in [3.63, 3.8) is 0 Å². The van der Waals surface area contributed by atoms with Crippen molar-refractivity contribution in [2.75, 3.05) is 31.6 Å². The molecule has 9 heteroatoms. The van der Waals surface area contributed by atoms with Crippen LogP contribution in [0.25, 0.3) is 10.2 Å². The summed E-state index contributed by atoms with van der Waals surface area (Å²) in [5.41, 5.74) is 2.34. The van der Waals surface area contributed by atoms with Crippen molar-refractivity contribution in [1.29, 1.82) is 0 Å². The molecule has 0 bridgehead atoms. The number of hydrogen-bond acceptors (Lipinski definition) is 7. The van der Waals surface area contributed by atoms with Gasteiger partial charge in [0, 0.05) is 24.5 Å². The quantitative estimate of drug-likeness (QED) is 0.586. The Bertz CT molecular complexity index is 1050. The van der Waals surface area contributed by atoms with Crippen molar-refractivity contribution in [2.24, 2.45) is 0 Å². The number of hydrogen-bond donors (Lipinski definition) is 1. The molecule has 3 aromatic rings. The summed E-state index contributed by atoms with van der Waals surface area (Å²) in [4.78, 5) is 14.6. The van der Waals surface area contributed by atoms with Gasteiger partial charge in [0.2, 0.25) is 0 Å². The zero-order chi connectivity index (χ0) is 21.2. The van der Waals surface area contributed by atoms with Crippen LogP contribution in [0.15, 0.2) is 24.3 Å². The molecule has 0 atom stereocenters. The molecule has 1 fully saturated rings. The van der Waals surface area contributed by atoms with E-state index in [9.17, 15) is 8.78 Å². The van der Waals surface area contributed by atoms with Crippen molar-refractivity contribution in [2.45, 2.75) is 39.0 Å². The molecule has 5 rings (SSSR count). The normalized spacial score (nSPS) is 16.7. The van der Waals surface area contributed by atoms with E-state index < -0.39 is 6.61 Å². The molecule has 1 saturated heterocycles. The molecule has 0 unspecified atom stereocenters. The van der Waals surface area contributed by atoms with Crippen LogP contribution in [0.4, 0.5) is 14.6 Å². The van der Waals surface area contributed by atoms with E-state index in [0.717, 1.165) is 66.6 Å². The maximum Gasteiger partial charge on any atom is 0.387 e. The van der Waals surface area contributed by atoms with Crippen LogP contribution >= 0.6 is 11.3 Å². The van der Waals surface area contributed by atoms with E-state index in [-0.39, 0.29) is 5.75 Å². The standard InChI is InChI=1S/C22H24F2N4O2S/c23-22(24)30-15-6-4-14(5-7-15)12-25-20-19-16-2-1-3-17(16)31-21(19)27-18(26-20)13-28-8-10-29-11-9-28/h4-7,22H,1-3,8-13H2,(H,25,26,27). The average Bonchev–Trinajstić information content (AvgIpc) is 3.34. The third-order valence-electron chi connectivity index (χ3n) is 5.69. The minimum Gasteiger partial charge on any atom is -0.435 e. The number of anilines is 1. The van der Waals surface area contributed by atoms with Crippen LogP contribution in [0.1, 0.15) is 28.2 Å². The second kappa shape index (κ2) is 9.02. The fourth-order valence-corrected chi connectivity index (χ4v) is 5.45. The van der Waals surface area contributed by atoms with Gasteiger partial charge >= 0.3 is 6.61 Å². The minimum atomic E-state index is -2.82. The number of morpholine rings is 1. The van der Waals surface area contributed by atoms with Gasteiger partial charge in [0.25, 0.3) is 0 Å². The number of nitrogens with zero attached hydrogens (tertiary/aromatic N) is 3. The molecule has 1 aliphatic heterocycles. The van der Waals surface area contributed by atoms with Crippen LogP contribution in [0.2, 0.25) is 0 Å². The third kappa shape index (κ3) is 4.63. The summed E-state index contributed by atoms with van der Waals surface area (Å²) in [7, 11) is 0. The number of rotatable bonds is 7. The van der Waals surface area contributed by atoms with Crippen LogP contribution in [0.3, 0.4) is 0 Å². The van der Waals surface area contributed by atoms with Crippen LogP contribution in [-0.4, -0.2) is 47.8 Å². The monoisotopic (exact) mass is 446 g/mol. The van der Waals surface area contributed by atoms with Crippen LogP contribution < -0.4 is 10.1 Å². The van der Waals surface area contributed by atoms with Gasteiger partial charge in [-0.1, -0.05) is 12.1 Å². The van der Waals surface area contributed by atoms with Crippen LogP contribution in [0, 0.1) is 0 Å². The number of aryl methyl sites for hydroxylation is 2. The maximum absolute atomic E-state index is 12.4. The molecule has 31 heavy (non-hydrogen) atoms. The molecule has 164 valence electrons. The highest BCUT2D eigenvalue weighted by Gasteiger charge is 2.23. The SMILES string of the molecule is FC(F)Oc1ccc(CNc2nc(CN3CCOCC3)nc3sc4c(c23)CCC4)cc1. The van der Waals surface area contributed by atoms with E-state index in [1.54, 1.807) is 35.6 Å². The second-order valence-electron chi connectivity index (χ2n) is 7.79. The van der Waals surface area contributed by atoms with E-state index in [1.807, 2.05) is 0 Å². The zero-order valence-electron chi connectivity index (χ0n) is 17.1. The van der Waals surface area contributed by atoms with E-state index >= 15 is 0 Å². The highest BCUT2D eigenvalue weighted by Crippen LogP contribution is 2.39.